The highest BCUT2D eigenvalue weighted by Gasteiger charge is 2.27. The van der Waals surface area contributed by atoms with Crippen LogP contribution in [0, 0.1) is 0 Å². The predicted octanol–water partition coefficient (Wildman–Crippen LogP) is 1.77. The Kier molecular flexibility index (Phi) is 5.40. The van der Waals surface area contributed by atoms with Gasteiger partial charge in [0.25, 0.3) is 0 Å². The van der Waals surface area contributed by atoms with E-state index in [0.29, 0.717) is 12.4 Å². The van der Waals surface area contributed by atoms with Crippen LogP contribution in [0.1, 0.15) is 18.2 Å². The lowest BCUT2D eigenvalue weighted by Crippen LogP contribution is -2.45. The summed E-state index contributed by atoms with van der Waals surface area (Å²) in [4.78, 5) is 23.6. The summed E-state index contributed by atoms with van der Waals surface area (Å²) in [7, 11) is 1.59. The van der Waals surface area contributed by atoms with Crippen molar-refractivity contribution in [1.29, 1.82) is 0 Å². The van der Waals surface area contributed by atoms with Crippen molar-refractivity contribution in [1.82, 2.24) is 20.6 Å². The van der Waals surface area contributed by atoms with Crippen LogP contribution in [0.4, 0.5) is 16.3 Å². The number of urea groups is 1. The molecule has 1 saturated heterocycles. The molecular weight excluding hydrogens is 356 g/mol. The largest absolute Gasteiger partial charge is 0.377 e. The van der Waals surface area contributed by atoms with E-state index in [-0.39, 0.29) is 12.1 Å². The van der Waals surface area contributed by atoms with Crippen LogP contribution in [0.2, 0.25) is 0 Å². The molecular formula is C20H26N6O2. The van der Waals surface area contributed by atoms with E-state index in [1.807, 2.05) is 24.3 Å². The van der Waals surface area contributed by atoms with Crippen molar-refractivity contribution in [2.75, 3.05) is 43.6 Å². The molecule has 0 bridgehead atoms. The molecule has 2 aromatic rings. The number of hydrogen-bond donors (Lipinski definition) is 3. The van der Waals surface area contributed by atoms with E-state index in [1.165, 1.54) is 5.56 Å². The SMILES string of the molecule is CNC(=O)Nc1ccc(-c2nc3c(c(N4CCOCC4C)n2)CCNC3)cc1. The molecule has 3 heterocycles. The molecule has 28 heavy (non-hydrogen) atoms. The van der Waals surface area contributed by atoms with Crippen molar-refractivity contribution in [3.8, 4) is 11.4 Å². The number of ether oxygens (including phenoxy) is 1. The number of amides is 2. The van der Waals surface area contributed by atoms with Crippen LogP contribution < -0.4 is 20.9 Å². The molecule has 1 atom stereocenters. The summed E-state index contributed by atoms with van der Waals surface area (Å²) >= 11 is 0. The summed E-state index contributed by atoms with van der Waals surface area (Å²) in [5.74, 6) is 1.74. The Morgan fingerprint density at radius 3 is 2.86 bits per heavy atom. The number of fused-ring (bicyclic) bond motifs is 1. The first kappa shape index (κ1) is 18.6. The quantitative estimate of drug-likeness (QED) is 0.749. The highest BCUT2D eigenvalue weighted by molar-refractivity contribution is 5.89. The van der Waals surface area contributed by atoms with Crippen molar-refractivity contribution in [2.24, 2.45) is 0 Å². The van der Waals surface area contributed by atoms with Crippen molar-refractivity contribution in [3.05, 3.63) is 35.5 Å². The number of rotatable bonds is 3. The normalized spacial score (nSPS) is 19.1. The van der Waals surface area contributed by atoms with E-state index in [4.69, 9.17) is 14.7 Å². The van der Waals surface area contributed by atoms with Gasteiger partial charge in [-0.05, 0) is 44.2 Å². The third-order valence-corrected chi connectivity index (χ3v) is 5.18. The Balaban J connectivity index is 1.69. The average Bonchev–Trinajstić information content (AvgIpc) is 2.74. The molecule has 148 valence electrons. The van der Waals surface area contributed by atoms with Crippen LogP contribution >= 0.6 is 0 Å². The van der Waals surface area contributed by atoms with Crippen LogP contribution in [-0.2, 0) is 17.7 Å². The lowest BCUT2D eigenvalue weighted by atomic mass is 10.0. The summed E-state index contributed by atoms with van der Waals surface area (Å²) in [6.45, 7) is 6.15. The maximum absolute atomic E-state index is 11.5. The molecule has 1 unspecified atom stereocenters. The van der Waals surface area contributed by atoms with Gasteiger partial charge in [-0.3, -0.25) is 0 Å². The second-order valence-electron chi connectivity index (χ2n) is 7.12. The molecule has 3 N–H and O–H groups in total. The zero-order chi connectivity index (χ0) is 19.5. The minimum atomic E-state index is -0.243. The van der Waals surface area contributed by atoms with Crippen LogP contribution in [0.3, 0.4) is 0 Å². The van der Waals surface area contributed by atoms with Crippen LogP contribution in [-0.4, -0.2) is 55.4 Å². The molecule has 0 saturated carbocycles. The molecule has 0 spiro atoms. The standard InChI is InChI=1S/C20H26N6O2/c1-13-12-28-10-9-26(13)19-16-7-8-22-11-17(16)24-18(25-19)14-3-5-15(6-4-14)23-20(27)21-2/h3-6,13,22H,7-12H2,1-2H3,(H2,21,23,27). The number of nitrogens with one attached hydrogen (secondary N) is 3. The molecule has 4 rings (SSSR count). The number of anilines is 2. The van der Waals surface area contributed by atoms with E-state index in [2.05, 4.69) is 27.8 Å². The van der Waals surface area contributed by atoms with E-state index in [9.17, 15) is 4.79 Å². The van der Waals surface area contributed by atoms with Gasteiger partial charge >= 0.3 is 6.03 Å². The molecule has 0 radical (unpaired) electrons. The Morgan fingerprint density at radius 1 is 1.29 bits per heavy atom. The smallest absolute Gasteiger partial charge is 0.318 e. The van der Waals surface area contributed by atoms with Crippen LogP contribution in [0.25, 0.3) is 11.4 Å². The van der Waals surface area contributed by atoms with Crippen molar-refractivity contribution < 1.29 is 9.53 Å². The molecule has 8 nitrogen and oxygen atoms in total. The summed E-state index contributed by atoms with van der Waals surface area (Å²) in [5.41, 5.74) is 3.97. The Bertz CT molecular complexity index is 855. The number of benzene rings is 1. The predicted molar refractivity (Wildman–Crippen MR) is 109 cm³/mol. The molecule has 1 fully saturated rings. The third-order valence-electron chi connectivity index (χ3n) is 5.18. The van der Waals surface area contributed by atoms with Crippen molar-refractivity contribution >= 4 is 17.5 Å². The fourth-order valence-corrected chi connectivity index (χ4v) is 3.64. The zero-order valence-electron chi connectivity index (χ0n) is 16.3. The summed E-state index contributed by atoms with van der Waals surface area (Å²) < 4.78 is 5.61. The lowest BCUT2D eigenvalue weighted by molar-refractivity contribution is 0.0984. The van der Waals surface area contributed by atoms with Gasteiger partial charge in [0.1, 0.15) is 5.82 Å². The van der Waals surface area contributed by atoms with Gasteiger partial charge in [-0.15, -0.1) is 0 Å². The molecule has 1 aromatic carbocycles. The third kappa shape index (κ3) is 3.79. The summed E-state index contributed by atoms with van der Waals surface area (Å²) in [6.07, 6.45) is 0.935. The average molecular weight is 382 g/mol. The number of hydrogen-bond acceptors (Lipinski definition) is 6. The first-order valence-electron chi connectivity index (χ1n) is 9.70. The van der Waals surface area contributed by atoms with E-state index < -0.39 is 0 Å². The maximum Gasteiger partial charge on any atom is 0.318 e. The second kappa shape index (κ2) is 8.12. The topological polar surface area (TPSA) is 91.4 Å². The van der Waals surface area contributed by atoms with E-state index in [0.717, 1.165) is 55.4 Å². The van der Waals surface area contributed by atoms with Gasteiger partial charge in [-0.25, -0.2) is 14.8 Å². The highest BCUT2D eigenvalue weighted by atomic mass is 16.5. The second-order valence-corrected chi connectivity index (χ2v) is 7.12. The minimum Gasteiger partial charge on any atom is -0.377 e. The van der Waals surface area contributed by atoms with Gasteiger partial charge in [0.2, 0.25) is 0 Å². The van der Waals surface area contributed by atoms with Gasteiger partial charge in [0.05, 0.1) is 24.9 Å². The highest BCUT2D eigenvalue weighted by Crippen LogP contribution is 2.30. The van der Waals surface area contributed by atoms with Crippen LogP contribution in [0.5, 0.6) is 0 Å². The van der Waals surface area contributed by atoms with Gasteiger partial charge in [0.15, 0.2) is 5.82 Å². The maximum atomic E-state index is 11.5. The number of aromatic nitrogens is 2. The van der Waals surface area contributed by atoms with Gasteiger partial charge in [0, 0.05) is 37.0 Å². The van der Waals surface area contributed by atoms with Crippen LogP contribution in [0.15, 0.2) is 24.3 Å². The molecule has 2 amide bonds. The first-order chi connectivity index (χ1) is 13.7. The summed E-state index contributed by atoms with van der Waals surface area (Å²) in [5, 5.41) is 8.72. The number of nitrogens with zero attached hydrogens (tertiary/aromatic N) is 3. The van der Waals surface area contributed by atoms with E-state index >= 15 is 0 Å². The zero-order valence-corrected chi connectivity index (χ0v) is 16.3. The number of morpholine rings is 1. The Morgan fingerprint density at radius 2 is 2.11 bits per heavy atom. The monoisotopic (exact) mass is 382 g/mol. The molecule has 1 aromatic heterocycles. The van der Waals surface area contributed by atoms with E-state index in [1.54, 1.807) is 7.05 Å². The Labute approximate surface area is 164 Å². The molecule has 8 heteroatoms. The fraction of sp³-hybridized carbons (Fsp3) is 0.450. The first-order valence-corrected chi connectivity index (χ1v) is 9.70. The summed E-state index contributed by atoms with van der Waals surface area (Å²) in [6, 6.07) is 7.65. The number of carbonyl (C=O) groups is 1. The van der Waals surface area contributed by atoms with Gasteiger partial charge in [-0.2, -0.15) is 0 Å². The molecule has 2 aliphatic rings. The van der Waals surface area contributed by atoms with Crippen molar-refractivity contribution in [3.63, 3.8) is 0 Å². The number of carbonyl (C=O) groups excluding carboxylic acids is 1. The van der Waals surface area contributed by atoms with Crippen molar-refractivity contribution in [2.45, 2.75) is 25.9 Å². The molecule has 2 aliphatic heterocycles. The van der Waals surface area contributed by atoms with Gasteiger partial charge < -0.3 is 25.6 Å². The van der Waals surface area contributed by atoms with Gasteiger partial charge in [-0.1, -0.05) is 0 Å². The lowest BCUT2D eigenvalue weighted by Gasteiger charge is -2.36. The molecule has 0 aliphatic carbocycles. The minimum absolute atomic E-state index is 0.243. The fourth-order valence-electron chi connectivity index (χ4n) is 3.64. The Hall–Kier alpha value is -2.71.